The summed E-state index contributed by atoms with van der Waals surface area (Å²) in [5, 5.41) is 20.4. The largest absolute Gasteiger partial charge is 0.480 e. The van der Waals surface area contributed by atoms with E-state index >= 15 is 0 Å². The molecule has 1 fully saturated rings. The van der Waals surface area contributed by atoms with Crippen LogP contribution in [-0.4, -0.2) is 28.8 Å². The lowest BCUT2D eigenvalue weighted by Gasteiger charge is -2.22. The molecule has 6 heteroatoms. The number of alkyl carbamates (subject to hydrolysis) is 1. The molecule has 0 heterocycles. The van der Waals surface area contributed by atoms with Gasteiger partial charge in [0.05, 0.1) is 12.0 Å². The summed E-state index contributed by atoms with van der Waals surface area (Å²) >= 11 is 0. The molecule has 19 heavy (non-hydrogen) atoms. The molecule has 0 aromatic heterocycles. The first-order valence-corrected chi connectivity index (χ1v) is 6.35. The van der Waals surface area contributed by atoms with Crippen molar-refractivity contribution in [3.8, 4) is 6.07 Å². The van der Waals surface area contributed by atoms with Gasteiger partial charge in [0.25, 0.3) is 0 Å². The van der Waals surface area contributed by atoms with Gasteiger partial charge in [-0.05, 0) is 46.0 Å². The van der Waals surface area contributed by atoms with Gasteiger partial charge in [0.1, 0.15) is 11.6 Å². The number of carboxylic acids is 1. The van der Waals surface area contributed by atoms with Crippen LogP contribution in [0.1, 0.15) is 40.0 Å². The third kappa shape index (κ3) is 5.60. The van der Waals surface area contributed by atoms with Gasteiger partial charge in [-0.25, -0.2) is 9.59 Å². The molecule has 1 saturated carbocycles. The van der Waals surface area contributed by atoms with Gasteiger partial charge in [-0.15, -0.1) is 0 Å². The molecule has 1 rings (SSSR count). The molecule has 0 bridgehead atoms. The van der Waals surface area contributed by atoms with Gasteiger partial charge in [-0.2, -0.15) is 5.26 Å². The SMILES string of the molecule is CC(C)(C)OC(=O)NC(CC(C#N)C1CC1)C(=O)O. The van der Waals surface area contributed by atoms with Crippen molar-refractivity contribution in [1.29, 1.82) is 5.26 Å². The lowest BCUT2D eigenvalue weighted by Crippen LogP contribution is -2.44. The Morgan fingerprint density at radius 1 is 1.47 bits per heavy atom. The normalized spacial score (nSPS) is 18.0. The van der Waals surface area contributed by atoms with E-state index in [1.165, 1.54) is 0 Å². The van der Waals surface area contributed by atoms with E-state index < -0.39 is 23.7 Å². The molecule has 0 aromatic carbocycles. The van der Waals surface area contributed by atoms with Crippen LogP contribution in [0.5, 0.6) is 0 Å². The summed E-state index contributed by atoms with van der Waals surface area (Å²) in [6.07, 6.45) is 1.26. The lowest BCUT2D eigenvalue weighted by molar-refractivity contribution is -0.139. The molecule has 0 radical (unpaired) electrons. The average molecular weight is 268 g/mol. The summed E-state index contributed by atoms with van der Waals surface area (Å²) in [4.78, 5) is 22.7. The van der Waals surface area contributed by atoms with Crippen LogP contribution in [0.4, 0.5) is 4.79 Å². The van der Waals surface area contributed by atoms with Crippen molar-refractivity contribution < 1.29 is 19.4 Å². The van der Waals surface area contributed by atoms with Gasteiger partial charge < -0.3 is 15.2 Å². The summed E-state index contributed by atoms with van der Waals surface area (Å²) in [6, 6.07) is 1.03. The van der Waals surface area contributed by atoms with Gasteiger partial charge in [0, 0.05) is 0 Å². The van der Waals surface area contributed by atoms with E-state index in [0.717, 1.165) is 12.8 Å². The molecule has 0 saturated heterocycles. The standard InChI is InChI=1S/C13H20N2O4/c1-13(2,3)19-12(18)15-10(11(16)17)6-9(7-14)8-4-5-8/h8-10H,4-6H2,1-3H3,(H,15,18)(H,16,17). The molecule has 2 unspecified atom stereocenters. The van der Waals surface area contributed by atoms with Crippen molar-refractivity contribution in [1.82, 2.24) is 5.32 Å². The van der Waals surface area contributed by atoms with Crippen LogP contribution in [0.2, 0.25) is 0 Å². The summed E-state index contributed by atoms with van der Waals surface area (Å²) in [5.74, 6) is -1.20. The zero-order valence-corrected chi connectivity index (χ0v) is 11.5. The molecule has 106 valence electrons. The molecule has 6 nitrogen and oxygen atoms in total. The molecule has 0 aromatic rings. The molecular weight excluding hydrogens is 248 g/mol. The summed E-state index contributed by atoms with van der Waals surface area (Å²) < 4.78 is 5.01. The number of rotatable bonds is 5. The molecule has 0 spiro atoms. The van der Waals surface area contributed by atoms with Crippen molar-refractivity contribution in [3.05, 3.63) is 0 Å². The average Bonchev–Trinajstić information content (AvgIpc) is 3.04. The fraction of sp³-hybridized carbons (Fsp3) is 0.769. The number of hydrogen-bond acceptors (Lipinski definition) is 4. The van der Waals surface area contributed by atoms with Gasteiger partial charge >= 0.3 is 12.1 Å². The molecule has 2 atom stereocenters. The minimum absolute atomic E-state index is 0.121. The van der Waals surface area contributed by atoms with Gasteiger partial charge in [0.2, 0.25) is 0 Å². The van der Waals surface area contributed by atoms with E-state index in [1.54, 1.807) is 20.8 Å². The van der Waals surface area contributed by atoms with Gasteiger partial charge in [0.15, 0.2) is 0 Å². The maximum Gasteiger partial charge on any atom is 0.408 e. The second kappa shape index (κ2) is 5.91. The number of carboxylic acid groups (broad SMARTS) is 1. The van der Waals surface area contributed by atoms with Crippen molar-refractivity contribution >= 4 is 12.1 Å². The number of nitrogens with one attached hydrogen (secondary N) is 1. The number of nitriles is 1. The maximum absolute atomic E-state index is 11.5. The van der Waals surface area contributed by atoms with Gasteiger partial charge in [-0.3, -0.25) is 0 Å². The fourth-order valence-electron chi connectivity index (χ4n) is 1.77. The number of ether oxygens (including phenoxy) is 1. The lowest BCUT2D eigenvalue weighted by atomic mass is 9.96. The summed E-state index contributed by atoms with van der Waals surface area (Å²) in [6.45, 7) is 5.10. The topological polar surface area (TPSA) is 99.4 Å². The zero-order valence-electron chi connectivity index (χ0n) is 11.5. The first kappa shape index (κ1) is 15.3. The predicted octanol–water partition coefficient (Wildman–Crippen LogP) is 1.90. The number of carbonyl (C=O) groups excluding carboxylic acids is 1. The first-order valence-electron chi connectivity index (χ1n) is 6.35. The second-order valence-corrected chi connectivity index (χ2v) is 5.85. The minimum Gasteiger partial charge on any atom is -0.480 e. The van der Waals surface area contributed by atoms with Crippen molar-refractivity contribution in [2.75, 3.05) is 0 Å². The highest BCUT2D eigenvalue weighted by Crippen LogP contribution is 2.38. The number of amides is 1. The number of nitrogens with zero attached hydrogens (tertiary/aromatic N) is 1. The maximum atomic E-state index is 11.5. The molecule has 1 amide bonds. The van der Waals surface area contributed by atoms with E-state index in [0.29, 0.717) is 0 Å². The third-order valence-corrected chi connectivity index (χ3v) is 2.84. The Morgan fingerprint density at radius 2 is 2.05 bits per heavy atom. The third-order valence-electron chi connectivity index (χ3n) is 2.84. The molecule has 1 aliphatic rings. The van der Waals surface area contributed by atoms with Crippen LogP contribution in [0.25, 0.3) is 0 Å². The van der Waals surface area contributed by atoms with Gasteiger partial charge in [-0.1, -0.05) is 0 Å². The Labute approximate surface area is 112 Å². The Morgan fingerprint density at radius 3 is 2.42 bits per heavy atom. The van der Waals surface area contributed by atoms with Crippen LogP contribution in [0.3, 0.4) is 0 Å². The molecule has 0 aliphatic heterocycles. The molecule has 2 N–H and O–H groups in total. The second-order valence-electron chi connectivity index (χ2n) is 5.85. The van der Waals surface area contributed by atoms with E-state index in [9.17, 15) is 9.59 Å². The van der Waals surface area contributed by atoms with Crippen molar-refractivity contribution in [2.24, 2.45) is 11.8 Å². The van der Waals surface area contributed by atoms with E-state index in [-0.39, 0.29) is 18.3 Å². The zero-order chi connectivity index (χ0) is 14.6. The number of aliphatic carboxylic acids is 1. The van der Waals surface area contributed by atoms with Crippen LogP contribution < -0.4 is 5.32 Å². The highest BCUT2D eigenvalue weighted by atomic mass is 16.6. The monoisotopic (exact) mass is 268 g/mol. The fourth-order valence-corrected chi connectivity index (χ4v) is 1.77. The molecular formula is C13H20N2O4. The Bertz CT molecular complexity index is 390. The summed E-state index contributed by atoms with van der Waals surface area (Å²) in [7, 11) is 0. The van der Waals surface area contributed by atoms with E-state index in [2.05, 4.69) is 11.4 Å². The van der Waals surface area contributed by atoms with E-state index in [4.69, 9.17) is 15.1 Å². The van der Waals surface area contributed by atoms with Crippen LogP contribution >= 0.6 is 0 Å². The highest BCUT2D eigenvalue weighted by Gasteiger charge is 2.35. The smallest absolute Gasteiger partial charge is 0.408 e. The van der Waals surface area contributed by atoms with Crippen LogP contribution in [0.15, 0.2) is 0 Å². The molecule has 1 aliphatic carbocycles. The number of carbonyl (C=O) groups is 2. The van der Waals surface area contributed by atoms with Crippen LogP contribution in [-0.2, 0) is 9.53 Å². The van der Waals surface area contributed by atoms with Crippen LogP contribution in [0, 0.1) is 23.2 Å². The van der Waals surface area contributed by atoms with Crippen molar-refractivity contribution in [3.63, 3.8) is 0 Å². The quantitative estimate of drug-likeness (QED) is 0.793. The number of hydrogen-bond donors (Lipinski definition) is 2. The summed E-state index contributed by atoms with van der Waals surface area (Å²) in [5.41, 5.74) is -0.682. The highest BCUT2D eigenvalue weighted by molar-refractivity contribution is 5.80. The first-order chi connectivity index (χ1) is 8.73. The Kier molecular flexibility index (Phi) is 4.76. The Hall–Kier alpha value is -1.77. The predicted molar refractivity (Wildman–Crippen MR) is 67.2 cm³/mol. The van der Waals surface area contributed by atoms with Crippen molar-refractivity contribution in [2.45, 2.75) is 51.7 Å². The minimum atomic E-state index is -1.15. The Balaban J connectivity index is 2.55. The van der Waals surface area contributed by atoms with E-state index in [1.807, 2.05) is 0 Å².